The van der Waals surface area contributed by atoms with Crippen molar-refractivity contribution in [2.75, 3.05) is 23.0 Å². The molecule has 0 radical (unpaired) electrons. The molecule has 2 amide bonds. The van der Waals surface area contributed by atoms with Gasteiger partial charge in [-0.3, -0.25) is 5.32 Å². The molecule has 23 heavy (non-hydrogen) atoms. The van der Waals surface area contributed by atoms with Crippen LogP contribution in [0.5, 0.6) is 0 Å². The third-order valence-electron chi connectivity index (χ3n) is 2.60. The lowest BCUT2D eigenvalue weighted by atomic mass is 10.3. The third kappa shape index (κ3) is 4.97. The van der Waals surface area contributed by atoms with E-state index in [0.29, 0.717) is 14.9 Å². The minimum Gasteiger partial charge on any atom is -0.462 e. The van der Waals surface area contributed by atoms with E-state index in [0.717, 1.165) is 5.75 Å². The van der Waals surface area contributed by atoms with Crippen molar-refractivity contribution in [2.45, 2.75) is 18.2 Å². The average Bonchev–Trinajstić information content (AvgIpc) is 2.91. The van der Waals surface area contributed by atoms with Gasteiger partial charge in [0.15, 0.2) is 15.0 Å². The Bertz CT molecular complexity index is 674. The molecule has 0 fully saturated rings. The van der Waals surface area contributed by atoms with Gasteiger partial charge in [0.25, 0.3) is 0 Å². The minimum atomic E-state index is -0.483. The Morgan fingerprint density at radius 3 is 2.61 bits per heavy atom. The Hall–Kier alpha value is -2.06. The predicted octanol–water partition coefficient (Wildman–Crippen LogP) is 4.08. The maximum Gasteiger partial charge on any atom is 0.352 e. The highest BCUT2D eigenvalue weighted by Gasteiger charge is 2.21. The topological polar surface area (TPSA) is 80.3 Å². The molecule has 1 aromatic carbocycles. The standard InChI is InChI=1S/C15H17N3O3S2/c1-3-21-13(19)11-12(18-15(23-11)22-4-2)17-14(20)16-10-8-6-5-7-9-10/h5-9H,3-4H2,1-2H3,(H2,16,17,20). The van der Waals surface area contributed by atoms with Crippen molar-refractivity contribution < 1.29 is 14.3 Å². The smallest absolute Gasteiger partial charge is 0.352 e. The summed E-state index contributed by atoms with van der Waals surface area (Å²) in [5.74, 6) is 0.562. The normalized spacial score (nSPS) is 10.2. The number of ether oxygens (including phenoxy) is 1. The Morgan fingerprint density at radius 2 is 1.96 bits per heavy atom. The van der Waals surface area contributed by atoms with Gasteiger partial charge >= 0.3 is 12.0 Å². The number of urea groups is 1. The van der Waals surface area contributed by atoms with E-state index in [1.807, 2.05) is 25.1 Å². The number of rotatable bonds is 6. The van der Waals surface area contributed by atoms with E-state index in [2.05, 4.69) is 15.6 Å². The predicted molar refractivity (Wildman–Crippen MR) is 93.6 cm³/mol. The van der Waals surface area contributed by atoms with Gasteiger partial charge in [-0.15, -0.1) is 0 Å². The minimum absolute atomic E-state index is 0.220. The van der Waals surface area contributed by atoms with Crippen LogP contribution in [0.25, 0.3) is 0 Å². The highest BCUT2D eigenvalue weighted by atomic mass is 32.2. The Labute approximate surface area is 142 Å². The highest BCUT2D eigenvalue weighted by molar-refractivity contribution is 8.01. The summed E-state index contributed by atoms with van der Waals surface area (Å²) in [5, 5.41) is 5.30. The van der Waals surface area contributed by atoms with Crippen molar-refractivity contribution >= 4 is 46.6 Å². The average molecular weight is 351 g/mol. The second kappa shape index (κ2) is 8.54. The van der Waals surface area contributed by atoms with Gasteiger partial charge in [0.1, 0.15) is 0 Å². The van der Waals surface area contributed by atoms with Crippen molar-refractivity contribution in [1.29, 1.82) is 0 Å². The number of nitrogens with zero attached hydrogens (tertiary/aromatic N) is 1. The molecule has 2 aromatic rings. The number of amides is 2. The molecule has 8 heteroatoms. The van der Waals surface area contributed by atoms with Crippen LogP contribution in [0.2, 0.25) is 0 Å². The fourth-order valence-corrected chi connectivity index (χ4v) is 3.59. The molecule has 0 saturated heterocycles. The number of thioether (sulfide) groups is 1. The van der Waals surface area contributed by atoms with Gasteiger partial charge in [-0.1, -0.05) is 48.2 Å². The van der Waals surface area contributed by atoms with Gasteiger partial charge in [-0.25, -0.2) is 14.6 Å². The molecule has 0 saturated carbocycles. The first-order valence-electron chi connectivity index (χ1n) is 7.07. The van der Waals surface area contributed by atoms with Gasteiger partial charge in [-0.2, -0.15) is 0 Å². The maximum absolute atomic E-state index is 12.1. The van der Waals surface area contributed by atoms with Crippen LogP contribution in [0.3, 0.4) is 0 Å². The van der Waals surface area contributed by atoms with Crippen molar-refractivity contribution in [3.63, 3.8) is 0 Å². The molecule has 2 rings (SSSR count). The van der Waals surface area contributed by atoms with Gasteiger partial charge in [0.2, 0.25) is 0 Å². The van der Waals surface area contributed by atoms with Crippen LogP contribution in [-0.4, -0.2) is 29.3 Å². The SMILES string of the molecule is CCOC(=O)c1sc(SCC)nc1NC(=O)Nc1ccccc1. The van der Waals surface area contributed by atoms with Crippen LogP contribution in [0.1, 0.15) is 23.5 Å². The number of thiazole rings is 1. The van der Waals surface area contributed by atoms with Crippen molar-refractivity contribution in [3.8, 4) is 0 Å². The summed E-state index contributed by atoms with van der Waals surface area (Å²) in [5.41, 5.74) is 0.654. The number of hydrogen-bond acceptors (Lipinski definition) is 6. The molecule has 2 N–H and O–H groups in total. The number of esters is 1. The highest BCUT2D eigenvalue weighted by Crippen LogP contribution is 2.31. The third-order valence-corrected chi connectivity index (χ3v) is 4.66. The van der Waals surface area contributed by atoms with Crippen LogP contribution in [0.4, 0.5) is 16.3 Å². The summed E-state index contributed by atoms with van der Waals surface area (Å²) in [7, 11) is 0. The molecule has 0 aliphatic carbocycles. The van der Waals surface area contributed by atoms with Gasteiger partial charge < -0.3 is 10.1 Å². The first-order valence-corrected chi connectivity index (χ1v) is 8.88. The second-order valence-electron chi connectivity index (χ2n) is 4.26. The number of carbonyl (C=O) groups excluding carboxylic acids is 2. The van der Waals surface area contributed by atoms with E-state index in [4.69, 9.17) is 4.74 Å². The zero-order chi connectivity index (χ0) is 16.7. The maximum atomic E-state index is 12.1. The first-order chi connectivity index (χ1) is 11.1. The van der Waals surface area contributed by atoms with Crippen LogP contribution in [0, 0.1) is 0 Å². The molecular weight excluding hydrogens is 334 g/mol. The number of nitrogens with one attached hydrogen (secondary N) is 2. The zero-order valence-electron chi connectivity index (χ0n) is 12.8. The molecule has 0 bridgehead atoms. The van der Waals surface area contributed by atoms with E-state index < -0.39 is 12.0 Å². The van der Waals surface area contributed by atoms with Crippen molar-refractivity contribution in [2.24, 2.45) is 0 Å². The van der Waals surface area contributed by atoms with Crippen molar-refractivity contribution in [1.82, 2.24) is 4.98 Å². The van der Waals surface area contributed by atoms with E-state index >= 15 is 0 Å². The lowest BCUT2D eigenvalue weighted by molar-refractivity contribution is 0.0533. The molecule has 1 heterocycles. The van der Waals surface area contributed by atoms with Crippen LogP contribution in [-0.2, 0) is 4.74 Å². The zero-order valence-corrected chi connectivity index (χ0v) is 14.4. The van der Waals surface area contributed by atoms with E-state index in [1.165, 1.54) is 23.1 Å². The van der Waals surface area contributed by atoms with E-state index in [1.54, 1.807) is 19.1 Å². The summed E-state index contributed by atoms with van der Waals surface area (Å²) in [6.45, 7) is 3.99. The van der Waals surface area contributed by atoms with Crippen LogP contribution in [0.15, 0.2) is 34.7 Å². The number of para-hydroxylation sites is 1. The molecule has 6 nitrogen and oxygen atoms in total. The summed E-state index contributed by atoms with van der Waals surface area (Å²) in [6.07, 6.45) is 0. The fourth-order valence-electron chi connectivity index (χ4n) is 1.70. The number of hydrogen-bond donors (Lipinski definition) is 2. The summed E-state index contributed by atoms with van der Waals surface area (Å²) < 4.78 is 5.72. The molecule has 0 unspecified atom stereocenters. The number of aromatic nitrogens is 1. The lowest BCUT2D eigenvalue weighted by Gasteiger charge is -2.06. The Morgan fingerprint density at radius 1 is 1.22 bits per heavy atom. The first kappa shape index (κ1) is 17.3. The van der Waals surface area contributed by atoms with Crippen LogP contribution < -0.4 is 10.6 Å². The number of benzene rings is 1. The molecule has 0 atom stereocenters. The monoisotopic (exact) mass is 351 g/mol. The largest absolute Gasteiger partial charge is 0.462 e. The summed E-state index contributed by atoms with van der Waals surface area (Å²) in [6, 6.07) is 8.57. The molecule has 0 aliphatic rings. The van der Waals surface area contributed by atoms with Crippen molar-refractivity contribution in [3.05, 3.63) is 35.2 Å². The molecule has 0 spiro atoms. The molecule has 0 aliphatic heterocycles. The van der Waals surface area contributed by atoms with Gasteiger partial charge in [-0.05, 0) is 24.8 Å². The Kier molecular flexibility index (Phi) is 6.42. The lowest BCUT2D eigenvalue weighted by Crippen LogP contribution is -2.21. The quantitative estimate of drug-likeness (QED) is 0.605. The molecule has 1 aromatic heterocycles. The second-order valence-corrected chi connectivity index (χ2v) is 6.77. The Balaban J connectivity index is 2.13. The summed E-state index contributed by atoms with van der Waals surface area (Å²) in [4.78, 5) is 28.6. The van der Waals surface area contributed by atoms with E-state index in [9.17, 15) is 9.59 Å². The van der Waals surface area contributed by atoms with Crippen LogP contribution >= 0.6 is 23.1 Å². The fraction of sp³-hybridized carbons (Fsp3) is 0.267. The number of carbonyl (C=O) groups is 2. The molecule has 122 valence electrons. The summed E-state index contributed by atoms with van der Waals surface area (Å²) >= 11 is 2.72. The van der Waals surface area contributed by atoms with E-state index in [-0.39, 0.29) is 12.4 Å². The number of anilines is 2. The van der Waals surface area contributed by atoms with Gasteiger partial charge in [0.05, 0.1) is 6.61 Å². The van der Waals surface area contributed by atoms with Gasteiger partial charge in [0, 0.05) is 5.69 Å². The molecular formula is C15H17N3O3S2.